The van der Waals surface area contributed by atoms with Gasteiger partial charge in [-0.15, -0.1) is 6.42 Å². The van der Waals surface area contributed by atoms with Crippen molar-refractivity contribution in [2.45, 2.75) is 12.5 Å². The first kappa shape index (κ1) is 10.9. The van der Waals surface area contributed by atoms with Crippen LogP contribution in [0.2, 0.25) is 5.02 Å². The van der Waals surface area contributed by atoms with Gasteiger partial charge < -0.3 is 10.1 Å². The van der Waals surface area contributed by atoms with Crippen molar-refractivity contribution in [2.75, 3.05) is 6.61 Å². The highest BCUT2D eigenvalue weighted by molar-refractivity contribution is 6.31. The maximum absolute atomic E-state index is 6.19. The van der Waals surface area contributed by atoms with Crippen molar-refractivity contribution in [3.8, 4) is 18.1 Å². The molecule has 1 N–H and O–H groups in total. The SMILES string of the molecule is C#CCOc1cccc(Cl)c1C1CC=CN1. The molecule has 1 unspecified atom stereocenters. The van der Waals surface area contributed by atoms with Crippen molar-refractivity contribution < 1.29 is 4.74 Å². The van der Waals surface area contributed by atoms with Crippen LogP contribution < -0.4 is 10.1 Å². The number of terminal acetylenes is 1. The first-order valence-electron chi connectivity index (χ1n) is 5.08. The fraction of sp³-hybridized carbons (Fsp3) is 0.231. The molecule has 1 heterocycles. The smallest absolute Gasteiger partial charge is 0.148 e. The molecule has 1 aliphatic heterocycles. The van der Waals surface area contributed by atoms with Crippen LogP contribution in [0.4, 0.5) is 0 Å². The van der Waals surface area contributed by atoms with Crippen molar-refractivity contribution >= 4 is 11.6 Å². The fourth-order valence-corrected chi connectivity index (χ4v) is 2.06. The minimum Gasteiger partial charge on any atom is -0.481 e. The lowest BCUT2D eigenvalue weighted by Crippen LogP contribution is -2.12. The van der Waals surface area contributed by atoms with Gasteiger partial charge in [0, 0.05) is 10.6 Å². The van der Waals surface area contributed by atoms with E-state index < -0.39 is 0 Å². The zero-order valence-electron chi connectivity index (χ0n) is 8.74. The van der Waals surface area contributed by atoms with Gasteiger partial charge in [-0.1, -0.05) is 29.7 Å². The highest BCUT2D eigenvalue weighted by Gasteiger charge is 2.19. The van der Waals surface area contributed by atoms with Gasteiger partial charge in [-0.2, -0.15) is 0 Å². The fourth-order valence-electron chi connectivity index (χ4n) is 1.76. The van der Waals surface area contributed by atoms with Crippen molar-refractivity contribution in [3.63, 3.8) is 0 Å². The van der Waals surface area contributed by atoms with Gasteiger partial charge in [-0.3, -0.25) is 0 Å². The molecule has 0 aliphatic carbocycles. The Hall–Kier alpha value is -1.59. The van der Waals surface area contributed by atoms with Gasteiger partial charge in [-0.25, -0.2) is 0 Å². The van der Waals surface area contributed by atoms with Crippen molar-refractivity contribution in [2.24, 2.45) is 0 Å². The van der Waals surface area contributed by atoms with E-state index in [0.717, 1.165) is 17.7 Å². The summed E-state index contributed by atoms with van der Waals surface area (Å²) in [5.74, 6) is 3.21. The molecular weight excluding hydrogens is 222 g/mol. The summed E-state index contributed by atoms with van der Waals surface area (Å²) in [4.78, 5) is 0. The Labute approximate surface area is 100 Å². The molecule has 2 nitrogen and oxygen atoms in total. The summed E-state index contributed by atoms with van der Waals surface area (Å²) < 4.78 is 5.49. The number of rotatable bonds is 3. The van der Waals surface area contributed by atoms with Crippen LogP contribution in [0.5, 0.6) is 5.75 Å². The summed E-state index contributed by atoms with van der Waals surface area (Å²) in [6.07, 6.45) is 10.1. The lowest BCUT2D eigenvalue weighted by molar-refractivity contribution is 0.362. The van der Waals surface area contributed by atoms with Crippen LogP contribution in [-0.4, -0.2) is 6.61 Å². The third-order valence-electron chi connectivity index (χ3n) is 2.46. The molecule has 0 spiro atoms. The Bertz CT molecular complexity index is 440. The highest BCUT2D eigenvalue weighted by atomic mass is 35.5. The van der Waals surface area contributed by atoms with Gasteiger partial charge in [-0.05, 0) is 24.8 Å². The van der Waals surface area contributed by atoms with Gasteiger partial charge in [0.1, 0.15) is 12.4 Å². The van der Waals surface area contributed by atoms with Gasteiger partial charge in [0.05, 0.1) is 6.04 Å². The minimum atomic E-state index is 0.182. The molecule has 2 rings (SSSR count). The minimum absolute atomic E-state index is 0.182. The predicted octanol–water partition coefficient (Wildman–Crippen LogP) is 2.90. The van der Waals surface area contributed by atoms with Crippen molar-refractivity contribution in [3.05, 3.63) is 41.1 Å². The number of hydrogen-bond acceptors (Lipinski definition) is 2. The van der Waals surface area contributed by atoms with E-state index in [-0.39, 0.29) is 12.6 Å². The quantitative estimate of drug-likeness (QED) is 0.811. The summed E-state index contributed by atoms with van der Waals surface area (Å²) in [6.45, 7) is 0.257. The molecule has 0 bridgehead atoms. The second-order valence-electron chi connectivity index (χ2n) is 3.50. The van der Waals surface area contributed by atoms with Crippen LogP contribution in [-0.2, 0) is 0 Å². The van der Waals surface area contributed by atoms with Crippen LogP contribution in [0.15, 0.2) is 30.5 Å². The molecule has 0 saturated heterocycles. The molecule has 3 heteroatoms. The molecular formula is C13H12ClNO. The summed E-state index contributed by atoms with van der Waals surface area (Å²) in [7, 11) is 0. The lowest BCUT2D eigenvalue weighted by Gasteiger charge is -2.17. The summed E-state index contributed by atoms with van der Waals surface area (Å²) >= 11 is 6.19. The van der Waals surface area contributed by atoms with Crippen LogP contribution in [0.3, 0.4) is 0 Å². The van der Waals surface area contributed by atoms with Crippen molar-refractivity contribution in [1.29, 1.82) is 0 Å². The highest BCUT2D eigenvalue weighted by Crippen LogP contribution is 2.35. The molecule has 1 aliphatic rings. The topological polar surface area (TPSA) is 21.3 Å². The van der Waals surface area contributed by atoms with Crippen LogP contribution in [0, 0.1) is 12.3 Å². The number of ether oxygens (including phenoxy) is 1. The Morgan fingerprint density at radius 3 is 3.12 bits per heavy atom. The molecule has 16 heavy (non-hydrogen) atoms. The van der Waals surface area contributed by atoms with E-state index in [1.807, 2.05) is 24.4 Å². The van der Waals surface area contributed by atoms with Gasteiger partial charge >= 0.3 is 0 Å². The van der Waals surface area contributed by atoms with E-state index >= 15 is 0 Å². The van der Waals surface area contributed by atoms with E-state index in [1.165, 1.54) is 0 Å². The molecule has 1 atom stereocenters. The summed E-state index contributed by atoms with van der Waals surface area (Å²) in [6, 6.07) is 5.79. The van der Waals surface area contributed by atoms with Crippen LogP contribution in [0.25, 0.3) is 0 Å². The maximum Gasteiger partial charge on any atom is 0.148 e. The van der Waals surface area contributed by atoms with Crippen LogP contribution >= 0.6 is 11.6 Å². The molecule has 82 valence electrons. The molecule has 1 aromatic rings. The van der Waals surface area contributed by atoms with Gasteiger partial charge in [0.2, 0.25) is 0 Å². The normalized spacial score (nSPS) is 17.9. The zero-order chi connectivity index (χ0) is 11.4. The molecule has 0 fully saturated rings. The first-order chi connectivity index (χ1) is 7.83. The van der Waals surface area contributed by atoms with E-state index in [9.17, 15) is 0 Å². The molecule has 1 aromatic carbocycles. The van der Waals surface area contributed by atoms with Gasteiger partial charge in [0.15, 0.2) is 0 Å². The largest absolute Gasteiger partial charge is 0.481 e. The predicted molar refractivity (Wildman–Crippen MR) is 65.4 cm³/mol. The summed E-state index contributed by atoms with van der Waals surface area (Å²) in [5.41, 5.74) is 0.976. The maximum atomic E-state index is 6.19. The summed E-state index contributed by atoms with van der Waals surface area (Å²) in [5, 5.41) is 3.94. The standard InChI is InChI=1S/C13H12ClNO/c1-2-9-16-12-7-3-5-10(14)13(12)11-6-4-8-15-11/h1,3-5,7-8,11,15H,6,9H2. The van der Waals surface area contributed by atoms with Gasteiger partial charge in [0.25, 0.3) is 0 Å². The molecule has 0 amide bonds. The number of hydrogen-bond donors (Lipinski definition) is 1. The number of benzene rings is 1. The monoisotopic (exact) mass is 233 g/mol. The van der Waals surface area contributed by atoms with E-state index in [4.69, 9.17) is 22.8 Å². The molecule has 0 aromatic heterocycles. The first-order valence-corrected chi connectivity index (χ1v) is 5.46. The Morgan fingerprint density at radius 1 is 1.56 bits per heavy atom. The third kappa shape index (κ3) is 2.15. The number of halogens is 1. The lowest BCUT2D eigenvalue weighted by atomic mass is 10.0. The molecule has 0 saturated carbocycles. The Morgan fingerprint density at radius 2 is 2.44 bits per heavy atom. The average Bonchev–Trinajstić information content (AvgIpc) is 2.79. The van der Waals surface area contributed by atoms with E-state index in [2.05, 4.69) is 17.3 Å². The zero-order valence-corrected chi connectivity index (χ0v) is 9.50. The second-order valence-corrected chi connectivity index (χ2v) is 3.91. The third-order valence-corrected chi connectivity index (χ3v) is 2.79. The number of nitrogens with one attached hydrogen (secondary N) is 1. The van der Waals surface area contributed by atoms with Crippen molar-refractivity contribution in [1.82, 2.24) is 5.32 Å². The van der Waals surface area contributed by atoms with E-state index in [0.29, 0.717) is 5.02 Å². The van der Waals surface area contributed by atoms with Crippen LogP contribution in [0.1, 0.15) is 18.0 Å². The Kier molecular flexibility index (Phi) is 3.38. The average molecular weight is 234 g/mol. The van der Waals surface area contributed by atoms with E-state index in [1.54, 1.807) is 0 Å². The second kappa shape index (κ2) is 4.96. The Balaban J connectivity index is 2.29. The molecule has 0 radical (unpaired) electrons.